The lowest BCUT2D eigenvalue weighted by atomic mass is 10.1. The number of hydrogen-bond acceptors (Lipinski definition) is 9. The lowest BCUT2D eigenvalue weighted by molar-refractivity contribution is -0.161. The third kappa shape index (κ3) is 40.3. The molecule has 0 aromatic heterocycles. The third-order valence-corrected chi connectivity index (χ3v) is 10.6. The molecule has 0 heterocycles. The van der Waals surface area contributed by atoms with Crippen LogP contribution >= 0.6 is 7.82 Å². The first-order valence-corrected chi connectivity index (χ1v) is 24.0. The Hall–Kier alpha value is -2.30. The van der Waals surface area contributed by atoms with E-state index < -0.39 is 51.1 Å². The Labute approximate surface area is 346 Å². The molecule has 0 spiro atoms. The number of ether oxygens (including phenoxy) is 2. The largest absolute Gasteiger partial charge is 0.480 e. The van der Waals surface area contributed by atoms with Crippen molar-refractivity contribution in [1.29, 1.82) is 0 Å². The Balaban J connectivity index is 4.37. The van der Waals surface area contributed by atoms with Crippen molar-refractivity contribution in [1.82, 2.24) is 0 Å². The molecule has 12 heteroatoms. The molecule has 0 saturated carbocycles. The topological polar surface area (TPSA) is 172 Å². The van der Waals surface area contributed by atoms with E-state index >= 15 is 0 Å². The second-order valence-electron chi connectivity index (χ2n) is 15.2. The number of carbonyl (C=O) groups is 3. The minimum Gasteiger partial charge on any atom is -0.480 e. The van der Waals surface area contributed by atoms with Gasteiger partial charge in [0, 0.05) is 12.8 Å². The van der Waals surface area contributed by atoms with Crippen LogP contribution in [0.3, 0.4) is 0 Å². The molecule has 3 unspecified atom stereocenters. The van der Waals surface area contributed by atoms with Crippen LogP contribution in [0.4, 0.5) is 0 Å². The third-order valence-electron chi connectivity index (χ3n) is 9.61. The maximum atomic E-state index is 12.6. The van der Waals surface area contributed by atoms with E-state index in [4.69, 9.17) is 24.8 Å². The summed E-state index contributed by atoms with van der Waals surface area (Å²) in [5.74, 6) is -2.40. The van der Waals surface area contributed by atoms with Crippen molar-refractivity contribution in [2.45, 2.75) is 212 Å². The number of aliphatic carboxylic acids is 1. The monoisotopic (exact) mass is 828 g/mol. The van der Waals surface area contributed by atoms with E-state index in [0.717, 1.165) is 70.6 Å². The fourth-order valence-corrected chi connectivity index (χ4v) is 6.81. The number of carboxylic acids is 1. The standard InChI is InChI=1S/C45H82NO10P/c1-3-5-7-9-11-13-15-17-19-21-23-24-26-28-30-32-34-36-43(47)53-38-41(39-54-57(51,52)55-40-42(46)45(49)50)56-44(48)37-35-33-31-29-27-25-22-20-18-16-14-12-10-8-6-4-2/h14,16-17,19-20,22,41-42H,3-13,15,18,21,23-40,46H2,1-2H3,(H,49,50)(H,51,52)/b16-14-,19-17-,22-20-. The number of phosphoric acid groups is 1. The number of nitrogens with two attached hydrogens (primary N) is 1. The molecule has 4 N–H and O–H groups in total. The lowest BCUT2D eigenvalue weighted by Crippen LogP contribution is -2.34. The van der Waals surface area contributed by atoms with Gasteiger partial charge in [0.15, 0.2) is 6.10 Å². The molecule has 0 amide bonds. The molecule has 0 aromatic carbocycles. The van der Waals surface area contributed by atoms with Gasteiger partial charge >= 0.3 is 25.7 Å². The van der Waals surface area contributed by atoms with Crippen LogP contribution in [0.15, 0.2) is 36.5 Å². The molecule has 3 atom stereocenters. The normalized spacial score (nSPS) is 14.0. The number of rotatable bonds is 42. The van der Waals surface area contributed by atoms with E-state index in [1.807, 2.05) is 0 Å². The highest BCUT2D eigenvalue weighted by Crippen LogP contribution is 2.43. The van der Waals surface area contributed by atoms with Crippen LogP contribution in [0.1, 0.15) is 200 Å². The van der Waals surface area contributed by atoms with Crippen LogP contribution in [-0.4, -0.2) is 59.9 Å². The molecule has 0 saturated heterocycles. The average molecular weight is 828 g/mol. The van der Waals surface area contributed by atoms with E-state index in [9.17, 15) is 23.8 Å². The summed E-state index contributed by atoms with van der Waals surface area (Å²) in [5.41, 5.74) is 5.33. The van der Waals surface area contributed by atoms with Crippen molar-refractivity contribution in [3.63, 3.8) is 0 Å². The molecule has 0 aliphatic heterocycles. The highest BCUT2D eigenvalue weighted by Gasteiger charge is 2.28. The Morgan fingerprint density at radius 3 is 1.40 bits per heavy atom. The van der Waals surface area contributed by atoms with Crippen LogP contribution in [-0.2, 0) is 37.5 Å². The van der Waals surface area contributed by atoms with Gasteiger partial charge < -0.3 is 25.2 Å². The molecular weight excluding hydrogens is 745 g/mol. The van der Waals surface area contributed by atoms with Gasteiger partial charge in [0.1, 0.15) is 12.6 Å². The summed E-state index contributed by atoms with van der Waals surface area (Å²) in [6.45, 7) is 2.77. The van der Waals surface area contributed by atoms with Crippen molar-refractivity contribution >= 4 is 25.7 Å². The second-order valence-corrected chi connectivity index (χ2v) is 16.6. The molecule has 57 heavy (non-hydrogen) atoms. The van der Waals surface area contributed by atoms with Gasteiger partial charge in [-0.25, -0.2) is 4.57 Å². The molecule has 0 aliphatic rings. The van der Waals surface area contributed by atoms with Crippen LogP contribution in [0.25, 0.3) is 0 Å². The SMILES string of the molecule is CCCCCC/C=C\C/C=C\CCCCCCCC(=O)OC(COC(=O)CCCCCCCCC/C=C\CCCCCCCC)COP(=O)(O)OCC(N)C(=O)O. The van der Waals surface area contributed by atoms with E-state index in [1.165, 1.54) is 89.9 Å². The molecule has 0 fully saturated rings. The van der Waals surface area contributed by atoms with Gasteiger partial charge in [0.25, 0.3) is 0 Å². The highest BCUT2D eigenvalue weighted by molar-refractivity contribution is 7.47. The van der Waals surface area contributed by atoms with Gasteiger partial charge in [0.05, 0.1) is 13.2 Å². The van der Waals surface area contributed by atoms with Crippen molar-refractivity contribution in [3.8, 4) is 0 Å². The van der Waals surface area contributed by atoms with Gasteiger partial charge in [0.2, 0.25) is 0 Å². The summed E-state index contributed by atoms with van der Waals surface area (Å²) < 4.78 is 32.7. The average Bonchev–Trinajstić information content (AvgIpc) is 3.19. The number of hydrogen-bond donors (Lipinski definition) is 3. The maximum Gasteiger partial charge on any atom is 0.472 e. The van der Waals surface area contributed by atoms with Gasteiger partial charge in [-0.15, -0.1) is 0 Å². The van der Waals surface area contributed by atoms with Crippen molar-refractivity contribution in [2.75, 3.05) is 19.8 Å². The van der Waals surface area contributed by atoms with Crippen molar-refractivity contribution in [2.24, 2.45) is 5.73 Å². The van der Waals surface area contributed by atoms with Crippen LogP contribution in [0, 0.1) is 0 Å². The summed E-state index contributed by atoms with van der Waals surface area (Å²) in [4.78, 5) is 46.0. The molecule has 11 nitrogen and oxygen atoms in total. The van der Waals surface area contributed by atoms with E-state index in [-0.39, 0.29) is 19.4 Å². The van der Waals surface area contributed by atoms with E-state index in [2.05, 4.69) is 54.8 Å². The van der Waals surface area contributed by atoms with Gasteiger partial charge in [-0.05, 0) is 70.6 Å². The minimum atomic E-state index is -4.72. The number of carbonyl (C=O) groups excluding carboxylic acids is 2. The van der Waals surface area contributed by atoms with Crippen molar-refractivity contribution in [3.05, 3.63) is 36.5 Å². The molecule has 0 bridgehead atoms. The smallest absolute Gasteiger partial charge is 0.472 e. The predicted octanol–water partition coefficient (Wildman–Crippen LogP) is 12.0. The Morgan fingerprint density at radius 2 is 0.930 bits per heavy atom. The zero-order valence-corrected chi connectivity index (χ0v) is 36.8. The number of allylic oxidation sites excluding steroid dienone is 6. The molecule has 0 aliphatic carbocycles. The first-order valence-electron chi connectivity index (χ1n) is 22.5. The van der Waals surface area contributed by atoms with Crippen LogP contribution < -0.4 is 5.73 Å². The second kappa shape index (κ2) is 40.5. The summed E-state index contributed by atoms with van der Waals surface area (Å²) in [5, 5.41) is 8.89. The van der Waals surface area contributed by atoms with Gasteiger partial charge in [-0.2, -0.15) is 0 Å². The molecule has 0 radical (unpaired) electrons. The summed E-state index contributed by atoms with van der Waals surface area (Å²) in [6.07, 6.45) is 43.4. The lowest BCUT2D eigenvalue weighted by Gasteiger charge is -2.20. The Morgan fingerprint density at radius 1 is 0.544 bits per heavy atom. The number of esters is 2. The van der Waals surface area contributed by atoms with Gasteiger partial charge in [-0.1, -0.05) is 153 Å². The summed E-state index contributed by atoms with van der Waals surface area (Å²) in [6, 6.07) is -1.52. The van der Waals surface area contributed by atoms with Crippen LogP contribution in [0.5, 0.6) is 0 Å². The number of phosphoric ester groups is 1. The quantitative estimate of drug-likeness (QED) is 0.0231. The zero-order valence-electron chi connectivity index (χ0n) is 35.9. The first kappa shape index (κ1) is 54.7. The molecule has 0 rings (SSSR count). The highest BCUT2D eigenvalue weighted by atomic mass is 31.2. The molecular formula is C45H82NO10P. The number of carboxylic acid groups (broad SMARTS) is 1. The Bertz CT molecular complexity index is 1110. The maximum absolute atomic E-state index is 12.6. The molecule has 0 aromatic rings. The predicted molar refractivity (Wildman–Crippen MR) is 231 cm³/mol. The summed E-state index contributed by atoms with van der Waals surface area (Å²) >= 11 is 0. The van der Waals surface area contributed by atoms with E-state index in [1.54, 1.807) is 0 Å². The zero-order chi connectivity index (χ0) is 42.1. The summed E-state index contributed by atoms with van der Waals surface area (Å²) in [7, 11) is -4.72. The van der Waals surface area contributed by atoms with Crippen molar-refractivity contribution < 1.29 is 47.5 Å². The van der Waals surface area contributed by atoms with E-state index in [0.29, 0.717) is 12.8 Å². The first-order chi connectivity index (χ1) is 27.6. The minimum absolute atomic E-state index is 0.145. The fraction of sp³-hybridized carbons (Fsp3) is 0.800. The fourth-order valence-electron chi connectivity index (χ4n) is 6.03. The number of unbranched alkanes of at least 4 members (excludes halogenated alkanes) is 22. The Kier molecular flexibility index (Phi) is 38.8. The van der Waals surface area contributed by atoms with Gasteiger partial charge in [-0.3, -0.25) is 23.4 Å². The van der Waals surface area contributed by atoms with Crippen LogP contribution in [0.2, 0.25) is 0 Å². The molecule has 332 valence electrons.